The van der Waals surface area contributed by atoms with E-state index < -0.39 is 0 Å². The number of phenolic OH excluding ortho intramolecular Hbond substituents is 1. The normalized spacial score (nSPS) is 12.1. The zero-order valence-corrected chi connectivity index (χ0v) is 18.9. The first-order valence-electron chi connectivity index (χ1n) is 10.6. The van der Waals surface area contributed by atoms with Crippen LogP contribution < -0.4 is 4.74 Å². The van der Waals surface area contributed by atoms with Crippen LogP contribution in [0, 0.1) is 0 Å². The Morgan fingerprint density at radius 3 is 2.10 bits per heavy atom. The van der Waals surface area contributed by atoms with Crippen molar-refractivity contribution in [3.05, 3.63) is 83.4 Å². The molecule has 158 valence electrons. The predicted molar refractivity (Wildman–Crippen MR) is 131 cm³/mol. The highest BCUT2D eigenvalue weighted by atomic mass is 79.9. The number of unbranched alkanes of at least 4 members (excludes halogenated alkanes) is 3. The minimum absolute atomic E-state index is 0.132. The standard InChI is InChI=1S/C26H25BrN2O2/c27-15-7-1-2-8-16-31-20-14-13-19(25(30)17-20)18-28-29-26-23-11-5-3-9-21(23)22-10-4-6-12-24(22)26/h3-6,9-14,17-18,30H,1-2,7-8,15-16H2. The van der Waals surface area contributed by atoms with Crippen molar-refractivity contribution < 1.29 is 9.84 Å². The lowest BCUT2D eigenvalue weighted by Crippen LogP contribution is -1.98. The van der Waals surface area contributed by atoms with Crippen LogP contribution in [0.1, 0.15) is 42.4 Å². The van der Waals surface area contributed by atoms with Crippen LogP contribution in [0.5, 0.6) is 11.5 Å². The molecule has 0 aromatic heterocycles. The van der Waals surface area contributed by atoms with E-state index in [1.165, 1.54) is 24.0 Å². The lowest BCUT2D eigenvalue weighted by molar-refractivity contribution is 0.303. The predicted octanol–water partition coefficient (Wildman–Crippen LogP) is 6.58. The number of nitrogens with zero attached hydrogens (tertiary/aromatic N) is 2. The third-order valence-electron chi connectivity index (χ3n) is 5.31. The van der Waals surface area contributed by atoms with Gasteiger partial charge in [0.15, 0.2) is 0 Å². The Balaban J connectivity index is 1.44. The van der Waals surface area contributed by atoms with E-state index >= 15 is 0 Å². The van der Waals surface area contributed by atoms with Crippen molar-refractivity contribution in [3.8, 4) is 22.6 Å². The third-order valence-corrected chi connectivity index (χ3v) is 5.87. The largest absolute Gasteiger partial charge is 0.507 e. The average molecular weight is 477 g/mol. The van der Waals surface area contributed by atoms with Gasteiger partial charge in [0.05, 0.1) is 12.8 Å². The van der Waals surface area contributed by atoms with E-state index in [4.69, 9.17) is 4.74 Å². The molecule has 4 nitrogen and oxygen atoms in total. The molecule has 31 heavy (non-hydrogen) atoms. The topological polar surface area (TPSA) is 54.2 Å². The Kier molecular flexibility index (Phi) is 7.15. The van der Waals surface area contributed by atoms with Crippen LogP contribution in [-0.4, -0.2) is 29.0 Å². The lowest BCUT2D eigenvalue weighted by Gasteiger charge is -2.07. The number of hydrogen-bond donors (Lipinski definition) is 1. The number of rotatable bonds is 9. The molecular formula is C26H25BrN2O2. The maximum Gasteiger partial charge on any atom is 0.128 e. The quantitative estimate of drug-likeness (QED) is 0.128. The second-order valence-corrected chi connectivity index (χ2v) is 8.25. The third kappa shape index (κ3) is 5.05. The number of halogens is 1. The summed E-state index contributed by atoms with van der Waals surface area (Å²) in [5, 5.41) is 20.2. The molecular weight excluding hydrogens is 452 g/mol. The summed E-state index contributed by atoms with van der Waals surface area (Å²) in [6.45, 7) is 0.654. The zero-order chi connectivity index (χ0) is 21.5. The van der Waals surface area contributed by atoms with E-state index in [0.29, 0.717) is 17.9 Å². The van der Waals surface area contributed by atoms with Gasteiger partial charge in [0.2, 0.25) is 0 Å². The Morgan fingerprint density at radius 2 is 1.45 bits per heavy atom. The molecule has 5 heteroatoms. The lowest BCUT2D eigenvalue weighted by atomic mass is 10.1. The Morgan fingerprint density at radius 1 is 0.806 bits per heavy atom. The summed E-state index contributed by atoms with van der Waals surface area (Å²) in [6, 6.07) is 21.7. The molecule has 1 N–H and O–H groups in total. The van der Waals surface area contributed by atoms with Gasteiger partial charge in [-0.25, -0.2) is 0 Å². The molecule has 0 spiro atoms. The molecule has 0 bridgehead atoms. The maximum atomic E-state index is 10.3. The van der Waals surface area contributed by atoms with E-state index in [2.05, 4.69) is 50.4 Å². The Hall–Kier alpha value is -2.92. The molecule has 0 fully saturated rings. The first-order chi connectivity index (χ1) is 15.3. The van der Waals surface area contributed by atoms with Crippen molar-refractivity contribution in [1.82, 2.24) is 0 Å². The highest BCUT2D eigenvalue weighted by Gasteiger charge is 2.23. The minimum Gasteiger partial charge on any atom is -0.507 e. The summed E-state index contributed by atoms with van der Waals surface area (Å²) in [7, 11) is 0. The van der Waals surface area contributed by atoms with Gasteiger partial charge in [0.25, 0.3) is 0 Å². The van der Waals surface area contributed by atoms with Crippen LogP contribution in [0.2, 0.25) is 0 Å². The smallest absolute Gasteiger partial charge is 0.128 e. The van der Waals surface area contributed by atoms with E-state index in [1.807, 2.05) is 30.3 Å². The average Bonchev–Trinajstić information content (AvgIpc) is 3.11. The number of fused-ring (bicyclic) bond motifs is 3. The molecule has 0 heterocycles. The fourth-order valence-electron chi connectivity index (χ4n) is 3.71. The van der Waals surface area contributed by atoms with Gasteiger partial charge >= 0.3 is 0 Å². The summed E-state index contributed by atoms with van der Waals surface area (Å²) < 4.78 is 5.74. The highest BCUT2D eigenvalue weighted by Crippen LogP contribution is 2.36. The molecule has 0 saturated heterocycles. The van der Waals surface area contributed by atoms with Crippen LogP contribution in [0.3, 0.4) is 0 Å². The Labute approximate surface area is 191 Å². The minimum atomic E-state index is 0.132. The first-order valence-corrected chi connectivity index (χ1v) is 11.7. The molecule has 1 aliphatic rings. The summed E-state index contributed by atoms with van der Waals surface area (Å²) in [4.78, 5) is 0. The fraction of sp³-hybridized carbons (Fsp3) is 0.231. The van der Waals surface area contributed by atoms with Gasteiger partial charge in [-0.05, 0) is 36.1 Å². The van der Waals surface area contributed by atoms with Crippen LogP contribution in [-0.2, 0) is 0 Å². The molecule has 0 amide bonds. The van der Waals surface area contributed by atoms with Gasteiger partial charge in [-0.1, -0.05) is 77.3 Å². The molecule has 0 radical (unpaired) electrons. The number of alkyl halides is 1. The van der Waals surface area contributed by atoms with Crippen molar-refractivity contribution in [1.29, 1.82) is 0 Å². The highest BCUT2D eigenvalue weighted by molar-refractivity contribution is 9.09. The van der Waals surface area contributed by atoms with Crippen LogP contribution in [0.25, 0.3) is 11.1 Å². The first kappa shape index (κ1) is 21.3. The second-order valence-electron chi connectivity index (χ2n) is 7.46. The SMILES string of the molecule is Oc1cc(OCCCCCCBr)ccc1C=NN=C1c2ccccc2-c2ccccc21. The molecule has 0 aliphatic heterocycles. The molecule has 4 rings (SSSR count). The van der Waals surface area contributed by atoms with E-state index in [-0.39, 0.29) is 5.75 Å². The summed E-state index contributed by atoms with van der Waals surface area (Å²) >= 11 is 3.44. The van der Waals surface area contributed by atoms with Gasteiger partial charge in [-0.3, -0.25) is 0 Å². The Bertz CT molecular complexity index is 1060. The van der Waals surface area contributed by atoms with Crippen LogP contribution in [0.15, 0.2) is 76.9 Å². The number of phenols is 1. The maximum absolute atomic E-state index is 10.3. The van der Waals surface area contributed by atoms with Gasteiger partial charge < -0.3 is 9.84 Å². The van der Waals surface area contributed by atoms with Crippen molar-refractivity contribution in [3.63, 3.8) is 0 Å². The molecule has 3 aromatic rings. The van der Waals surface area contributed by atoms with Gasteiger partial charge in [-0.15, -0.1) is 5.10 Å². The molecule has 3 aromatic carbocycles. The van der Waals surface area contributed by atoms with E-state index in [0.717, 1.165) is 35.0 Å². The number of benzene rings is 3. The monoisotopic (exact) mass is 476 g/mol. The second kappa shape index (κ2) is 10.4. The van der Waals surface area contributed by atoms with Crippen molar-refractivity contribution in [2.45, 2.75) is 25.7 Å². The van der Waals surface area contributed by atoms with Crippen molar-refractivity contribution >= 4 is 27.9 Å². The van der Waals surface area contributed by atoms with Crippen molar-refractivity contribution in [2.75, 3.05) is 11.9 Å². The van der Waals surface area contributed by atoms with Crippen LogP contribution >= 0.6 is 15.9 Å². The van der Waals surface area contributed by atoms with Gasteiger partial charge in [0, 0.05) is 28.1 Å². The summed E-state index contributed by atoms with van der Waals surface area (Å²) in [6.07, 6.45) is 6.13. The number of hydrogen-bond acceptors (Lipinski definition) is 4. The van der Waals surface area contributed by atoms with Gasteiger partial charge in [0.1, 0.15) is 17.2 Å². The molecule has 0 atom stereocenters. The van der Waals surface area contributed by atoms with Gasteiger partial charge in [-0.2, -0.15) is 5.10 Å². The van der Waals surface area contributed by atoms with Crippen LogP contribution in [0.4, 0.5) is 0 Å². The molecule has 1 aliphatic carbocycles. The zero-order valence-electron chi connectivity index (χ0n) is 17.3. The molecule has 0 saturated carbocycles. The summed E-state index contributed by atoms with van der Waals surface area (Å²) in [5.41, 5.74) is 5.94. The van der Waals surface area contributed by atoms with E-state index in [1.54, 1.807) is 18.3 Å². The number of ether oxygens (including phenoxy) is 1. The fourth-order valence-corrected chi connectivity index (χ4v) is 4.11. The molecule has 0 unspecified atom stereocenters. The summed E-state index contributed by atoms with van der Waals surface area (Å²) in [5.74, 6) is 0.799. The van der Waals surface area contributed by atoms with Crippen molar-refractivity contribution in [2.24, 2.45) is 10.2 Å². The number of aromatic hydroxyl groups is 1. The van der Waals surface area contributed by atoms with E-state index in [9.17, 15) is 5.11 Å².